The summed E-state index contributed by atoms with van der Waals surface area (Å²) in [4.78, 5) is 12.8. The highest BCUT2D eigenvalue weighted by Gasteiger charge is 2.43. The van der Waals surface area contributed by atoms with Gasteiger partial charge in [0, 0.05) is 6.04 Å². The molecule has 4 atom stereocenters. The number of nitrogens with zero attached hydrogens (tertiary/aromatic N) is 3. The first kappa shape index (κ1) is 21.6. The summed E-state index contributed by atoms with van der Waals surface area (Å²) in [6.45, 7) is 12.0. The second-order valence-electron chi connectivity index (χ2n) is 9.00. The fourth-order valence-electron chi connectivity index (χ4n) is 4.30. The summed E-state index contributed by atoms with van der Waals surface area (Å²) in [5, 5.41) is 16.9. The van der Waals surface area contributed by atoms with Gasteiger partial charge in [0.25, 0.3) is 5.56 Å². The number of halogens is 1. The quantitative estimate of drug-likeness (QED) is 0.698. The molecule has 2 aromatic rings. The molecule has 0 aliphatic heterocycles. The topological polar surface area (TPSA) is 70.7 Å². The van der Waals surface area contributed by atoms with Crippen LogP contribution in [0.3, 0.4) is 0 Å². The molecule has 3 rings (SSSR count). The molecule has 1 aliphatic rings. The third-order valence-electron chi connectivity index (χ3n) is 7.22. The Labute approximate surface area is 181 Å². The molecule has 0 unspecified atom stereocenters. The molecule has 6 heteroatoms. The normalized spacial score (nSPS) is 26.0. The van der Waals surface area contributed by atoms with E-state index in [0.29, 0.717) is 45.8 Å². The van der Waals surface area contributed by atoms with E-state index in [4.69, 9.17) is 5.26 Å². The highest BCUT2D eigenvalue weighted by Crippen LogP contribution is 2.48. The molecule has 1 heterocycles. The molecule has 0 amide bonds. The van der Waals surface area contributed by atoms with Gasteiger partial charge in [-0.05, 0) is 63.2 Å². The van der Waals surface area contributed by atoms with Crippen LogP contribution in [0.5, 0.6) is 0 Å². The predicted octanol–water partition coefficient (Wildman–Crippen LogP) is 5.04. The van der Waals surface area contributed by atoms with Crippen LogP contribution >= 0.6 is 15.9 Å². The number of rotatable bonds is 4. The van der Waals surface area contributed by atoms with Crippen LogP contribution in [0.25, 0.3) is 0 Å². The molecular weight excluding hydrogens is 428 g/mol. The molecular formula is C23H29BrN4O. The number of hydrogen-bond donors (Lipinski definition) is 1. The molecule has 1 aromatic carbocycles. The SMILES string of the molecule is C[C@@H]1[C@@H](C)C(C)(C)[C@@H](C)C[C@H]1Nc1cnn(Cc2ccc(C#N)cc2)c(=O)c1Br. The van der Waals surface area contributed by atoms with E-state index in [2.05, 4.69) is 67.0 Å². The van der Waals surface area contributed by atoms with Gasteiger partial charge in [-0.2, -0.15) is 10.4 Å². The maximum absolute atomic E-state index is 12.8. The van der Waals surface area contributed by atoms with Crippen molar-refractivity contribution < 1.29 is 0 Å². The molecule has 5 nitrogen and oxygen atoms in total. The molecule has 1 fully saturated rings. The van der Waals surface area contributed by atoms with Gasteiger partial charge < -0.3 is 5.32 Å². The van der Waals surface area contributed by atoms with E-state index in [9.17, 15) is 4.79 Å². The first-order valence-electron chi connectivity index (χ1n) is 10.2. The van der Waals surface area contributed by atoms with E-state index >= 15 is 0 Å². The molecule has 1 aromatic heterocycles. The molecule has 0 spiro atoms. The lowest BCUT2D eigenvalue weighted by atomic mass is 9.58. The summed E-state index contributed by atoms with van der Waals surface area (Å²) in [5.41, 5.74) is 2.42. The smallest absolute Gasteiger partial charge is 0.283 e. The van der Waals surface area contributed by atoms with Crippen molar-refractivity contribution in [1.82, 2.24) is 9.78 Å². The number of aromatic nitrogens is 2. The standard InChI is InChI=1S/C23H29BrN4O/c1-14-10-19(15(2)16(3)23(14,4)5)27-20-12-26-28(22(29)21(20)24)13-18-8-6-17(11-25)7-9-18/h6-9,12,14-16,19,27H,10,13H2,1-5H3/t14-,15+,16+,19+/m0/s1. The maximum Gasteiger partial charge on any atom is 0.283 e. The highest BCUT2D eigenvalue weighted by atomic mass is 79.9. The minimum atomic E-state index is -0.163. The Kier molecular flexibility index (Phi) is 6.19. The zero-order chi connectivity index (χ0) is 21.3. The van der Waals surface area contributed by atoms with Crippen LogP contribution in [-0.2, 0) is 6.54 Å². The zero-order valence-corrected chi connectivity index (χ0v) is 19.3. The zero-order valence-electron chi connectivity index (χ0n) is 17.7. The molecule has 0 radical (unpaired) electrons. The summed E-state index contributed by atoms with van der Waals surface area (Å²) in [7, 11) is 0. The van der Waals surface area contributed by atoms with Gasteiger partial charge in [-0.25, -0.2) is 4.68 Å². The first-order chi connectivity index (χ1) is 13.6. The fourth-order valence-corrected chi connectivity index (χ4v) is 4.72. The van der Waals surface area contributed by atoms with Crippen molar-refractivity contribution in [1.29, 1.82) is 5.26 Å². The average Bonchev–Trinajstić information content (AvgIpc) is 2.71. The molecule has 0 bridgehead atoms. The average molecular weight is 457 g/mol. The summed E-state index contributed by atoms with van der Waals surface area (Å²) in [6, 6.07) is 9.60. The third-order valence-corrected chi connectivity index (χ3v) is 7.98. The van der Waals surface area contributed by atoms with Crippen LogP contribution < -0.4 is 10.9 Å². The molecule has 1 saturated carbocycles. The van der Waals surface area contributed by atoms with Crippen molar-refractivity contribution in [2.24, 2.45) is 23.2 Å². The Hall–Kier alpha value is -2.13. The van der Waals surface area contributed by atoms with Crippen LogP contribution in [0.4, 0.5) is 5.69 Å². The number of benzene rings is 1. The second-order valence-corrected chi connectivity index (χ2v) is 9.79. The monoisotopic (exact) mass is 456 g/mol. The van der Waals surface area contributed by atoms with Crippen molar-refractivity contribution in [3.8, 4) is 6.07 Å². The minimum absolute atomic E-state index is 0.163. The maximum atomic E-state index is 12.8. The van der Waals surface area contributed by atoms with Gasteiger partial charge in [-0.3, -0.25) is 4.79 Å². The highest BCUT2D eigenvalue weighted by molar-refractivity contribution is 9.10. The third kappa shape index (κ3) is 4.25. The number of anilines is 1. The van der Waals surface area contributed by atoms with Crippen LogP contribution in [0.2, 0.25) is 0 Å². The Balaban J connectivity index is 1.79. The van der Waals surface area contributed by atoms with Crippen molar-refractivity contribution >= 4 is 21.6 Å². The van der Waals surface area contributed by atoms with Gasteiger partial charge in [0.05, 0.1) is 30.1 Å². The van der Waals surface area contributed by atoms with Gasteiger partial charge >= 0.3 is 0 Å². The van der Waals surface area contributed by atoms with E-state index in [-0.39, 0.29) is 5.56 Å². The van der Waals surface area contributed by atoms with Gasteiger partial charge in [-0.1, -0.05) is 46.8 Å². The van der Waals surface area contributed by atoms with Gasteiger partial charge in [0.2, 0.25) is 0 Å². The van der Waals surface area contributed by atoms with Gasteiger partial charge in [0.1, 0.15) is 4.47 Å². The Bertz CT molecular complexity index is 974. The lowest BCUT2D eigenvalue weighted by molar-refractivity contribution is 0.0316. The van der Waals surface area contributed by atoms with Gasteiger partial charge in [-0.15, -0.1) is 0 Å². The first-order valence-corrected chi connectivity index (χ1v) is 11.0. The lowest BCUT2D eigenvalue weighted by Gasteiger charge is -2.50. The summed E-state index contributed by atoms with van der Waals surface area (Å²) in [6.07, 6.45) is 2.80. The second kappa shape index (κ2) is 8.31. The molecule has 154 valence electrons. The van der Waals surface area contributed by atoms with Crippen LogP contribution in [0.15, 0.2) is 39.7 Å². The van der Waals surface area contributed by atoms with E-state index in [1.165, 1.54) is 4.68 Å². The number of hydrogen-bond acceptors (Lipinski definition) is 4. The molecule has 1 aliphatic carbocycles. The van der Waals surface area contributed by atoms with E-state index < -0.39 is 0 Å². The predicted molar refractivity (Wildman–Crippen MR) is 120 cm³/mol. The minimum Gasteiger partial charge on any atom is -0.380 e. The summed E-state index contributed by atoms with van der Waals surface area (Å²) in [5.74, 6) is 1.66. The van der Waals surface area contributed by atoms with Crippen LogP contribution in [0, 0.1) is 34.5 Å². The molecule has 0 saturated heterocycles. The molecule has 1 N–H and O–H groups in total. The summed E-state index contributed by atoms with van der Waals surface area (Å²) < 4.78 is 1.95. The molecule has 29 heavy (non-hydrogen) atoms. The van der Waals surface area contributed by atoms with Crippen molar-refractivity contribution in [3.63, 3.8) is 0 Å². The largest absolute Gasteiger partial charge is 0.380 e. The van der Waals surface area contributed by atoms with Gasteiger partial charge in [0.15, 0.2) is 0 Å². The fraction of sp³-hybridized carbons (Fsp3) is 0.522. The Morgan fingerprint density at radius 1 is 1.28 bits per heavy atom. The van der Waals surface area contributed by atoms with Crippen LogP contribution in [0.1, 0.15) is 52.2 Å². The number of nitrogens with one attached hydrogen (secondary N) is 1. The lowest BCUT2D eigenvalue weighted by Crippen LogP contribution is -2.48. The van der Waals surface area contributed by atoms with Crippen molar-refractivity contribution in [2.45, 2.75) is 53.6 Å². The van der Waals surface area contributed by atoms with E-state index in [1.54, 1.807) is 18.3 Å². The Morgan fingerprint density at radius 3 is 2.55 bits per heavy atom. The number of nitriles is 1. The Morgan fingerprint density at radius 2 is 1.93 bits per heavy atom. The van der Waals surface area contributed by atoms with E-state index in [0.717, 1.165) is 17.7 Å². The van der Waals surface area contributed by atoms with E-state index in [1.807, 2.05) is 12.1 Å². The summed E-state index contributed by atoms with van der Waals surface area (Å²) >= 11 is 3.49. The van der Waals surface area contributed by atoms with Crippen LogP contribution in [-0.4, -0.2) is 15.8 Å². The van der Waals surface area contributed by atoms with Crippen molar-refractivity contribution in [2.75, 3.05) is 5.32 Å². The van der Waals surface area contributed by atoms with Crippen molar-refractivity contribution in [3.05, 3.63) is 56.4 Å².